The second-order valence-electron chi connectivity index (χ2n) is 6.34. The highest BCUT2D eigenvalue weighted by Gasteiger charge is 2.27. The van der Waals surface area contributed by atoms with Gasteiger partial charge < -0.3 is 10.6 Å². The van der Waals surface area contributed by atoms with E-state index in [2.05, 4.69) is 42.5 Å². The van der Waals surface area contributed by atoms with Crippen molar-refractivity contribution >= 4 is 28.1 Å². The Bertz CT molecular complexity index is 647. The van der Waals surface area contributed by atoms with Gasteiger partial charge in [-0.2, -0.15) is 0 Å². The smallest absolute Gasteiger partial charge is 0.248 e. The summed E-state index contributed by atoms with van der Waals surface area (Å²) in [5.41, 5.74) is 3.24. The molecule has 0 saturated heterocycles. The van der Waals surface area contributed by atoms with Crippen LogP contribution in [-0.2, 0) is 16.6 Å². The monoisotopic (exact) mass is 301 g/mol. The van der Waals surface area contributed by atoms with Gasteiger partial charge in [-0.3, -0.25) is 4.79 Å². The molecule has 110 valence electrons. The molecule has 1 amide bonds. The summed E-state index contributed by atoms with van der Waals surface area (Å²) in [6.07, 6.45) is 0.722. The van der Waals surface area contributed by atoms with Crippen LogP contribution in [0.3, 0.4) is 0 Å². The van der Waals surface area contributed by atoms with Crippen molar-refractivity contribution in [3.63, 3.8) is 0 Å². The number of para-hydroxylation sites is 1. The highest BCUT2D eigenvalue weighted by molar-refractivity contribution is 7.14. The number of nitrogens with zero attached hydrogens (tertiary/aromatic N) is 1. The lowest BCUT2D eigenvalue weighted by atomic mass is 9.93. The number of rotatable bonds is 2. The molecule has 0 bridgehead atoms. The van der Waals surface area contributed by atoms with Crippen LogP contribution in [0, 0.1) is 0 Å². The molecule has 0 saturated carbocycles. The maximum absolute atomic E-state index is 12.3. The number of carbonyl (C=O) groups is 1. The van der Waals surface area contributed by atoms with Crippen molar-refractivity contribution in [1.82, 2.24) is 4.98 Å². The first-order chi connectivity index (χ1) is 9.93. The van der Waals surface area contributed by atoms with Crippen molar-refractivity contribution in [1.29, 1.82) is 0 Å². The highest BCUT2D eigenvalue weighted by Crippen LogP contribution is 2.28. The van der Waals surface area contributed by atoms with Gasteiger partial charge in [-0.25, -0.2) is 4.98 Å². The minimum absolute atomic E-state index is 0.00131. The van der Waals surface area contributed by atoms with Crippen LogP contribution in [-0.4, -0.2) is 16.9 Å². The molecule has 3 rings (SSSR count). The van der Waals surface area contributed by atoms with Crippen LogP contribution in [0.4, 0.5) is 10.8 Å². The van der Waals surface area contributed by atoms with Gasteiger partial charge in [0.05, 0.1) is 5.69 Å². The Balaban J connectivity index is 1.67. The molecule has 1 aromatic heterocycles. The minimum atomic E-state index is -0.218. The molecule has 1 aromatic carbocycles. The first-order valence-electron chi connectivity index (χ1n) is 7.05. The molecule has 0 spiro atoms. The third-order valence-electron chi connectivity index (χ3n) is 3.59. The molecular weight excluding hydrogens is 282 g/mol. The first kappa shape index (κ1) is 14.1. The lowest BCUT2D eigenvalue weighted by Gasteiger charge is -2.14. The fourth-order valence-electron chi connectivity index (χ4n) is 2.32. The van der Waals surface area contributed by atoms with E-state index in [1.165, 1.54) is 16.9 Å². The predicted molar refractivity (Wildman–Crippen MR) is 87.0 cm³/mol. The number of anilines is 2. The van der Waals surface area contributed by atoms with Gasteiger partial charge in [0.2, 0.25) is 5.91 Å². The van der Waals surface area contributed by atoms with Gasteiger partial charge in [0, 0.05) is 22.9 Å². The SMILES string of the molecule is CC(C)(C)c1csc(NC(=O)[C@@H]2Cc3ccccc3N2)n1. The van der Waals surface area contributed by atoms with Gasteiger partial charge in [-0.1, -0.05) is 39.0 Å². The van der Waals surface area contributed by atoms with Crippen LogP contribution >= 0.6 is 11.3 Å². The Kier molecular flexibility index (Phi) is 3.45. The van der Waals surface area contributed by atoms with Crippen molar-refractivity contribution in [2.75, 3.05) is 10.6 Å². The third kappa shape index (κ3) is 2.93. The maximum atomic E-state index is 12.3. The van der Waals surface area contributed by atoms with Crippen molar-refractivity contribution in [3.8, 4) is 0 Å². The van der Waals surface area contributed by atoms with Crippen LogP contribution in [0.15, 0.2) is 29.6 Å². The Morgan fingerprint density at radius 2 is 2.14 bits per heavy atom. The average Bonchev–Trinajstić information content (AvgIpc) is 3.03. The molecule has 1 aliphatic heterocycles. The Morgan fingerprint density at radius 3 is 2.81 bits per heavy atom. The molecule has 2 aromatic rings. The molecule has 0 unspecified atom stereocenters. The summed E-state index contributed by atoms with van der Waals surface area (Å²) >= 11 is 1.48. The van der Waals surface area contributed by atoms with Crippen LogP contribution in [0.5, 0.6) is 0 Å². The summed E-state index contributed by atoms with van der Waals surface area (Å²) < 4.78 is 0. The molecular formula is C16H19N3OS. The zero-order chi connectivity index (χ0) is 15.0. The number of benzene rings is 1. The number of aromatic nitrogens is 1. The molecule has 0 fully saturated rings. The van der Waals surface area contributed by atoms with Crippen LogP contribution in [0.2, 0.25) is 0 Å². The summed E-state index contributed by atoms with van der Waals surface area (Å²) in [6, 6.07) is 7.81. The summed E-state index contributed by atoms with van der Waals surface area (Å²) in [5.74, 6) is -0.0268. The molecule has 21 heavy (non-hydrogen) atoms. The average molecular weight is 301 g/mol. The summed E-state index contributed by atoms with van der Waals surface area (Å²) in [4.78, 5) is 16.8. The van der Waals surface area contributed by atoms with E-state index < -0.39 is 0 Å². The largest absolute Gasteiger partial charge is 0.373 e. The Morgan fingerprint density at radius 1 is 1.38 bits per heavy atom. The fourth-order valence-corrected chi connectivity index (χ4v) is 3.26. The van der Waals surface area contributed by atoms with Gasteiger partial charge in [0.1, 0.15) is 6.04 Å². The van der Waals surface area contributed by atoms with E-state index >= 15 is 0 Å². The third-order valence-corrected chi connectivity index (χ3v) is 4.35. The minimum Gasteiger partial charge on any atom is -0.373 e. The molecule has 2 N–H and O–H groups in total. The Hall–Kier alpha value is -1.88. The van der Waals surface area contributed by atoms with Gasteiger partial charge in [-0.15, -0.1) is 11.3 Å². The zero-order valence-electron chi connectivity index (χ0n) is 12.4. The normalized spacial score (nSPS) is 17.2. The van der Waals surface area contributed by atoms with Gasteiger partial charge in [0.15, 0.2) is 5.13 Å². The van der Waals surface area contributed by atoms with Gasteiger partial charge in [0.25, 0.3) is 0 Å². The lowest BCUT2D eigenvalue weighted by Crippen LogP contribution is -2.32. The number of amides is 1. The van der Waals surface area contributed by atoms with Gasteiger partial charge >= 0.3 is 0 Å². The Labute approximate surface area is 128 Å². The van der Waals surface area contributed by atoms with E-state index in [0.29, 0.717) is 5.13 Å². The molecule has 2 heterocycles. The maximum Gasteiger partial charge on any atom is 0.248 e. The molecule has 4 nitrogen and oxygen atoms in total. The second kappa shape index (κ2) is 5.15. The standard InChI is InChI=1S/C16H19N3OS/c1-16(2,3)13-9-21-15(18-13)19-14(20)12-8-10-6-4-5-7-11(10)17-12/h4-7,9,12,17H,8H2,1-3H3,(H,18,19,20)/t12-/m0/s1. The van der Waals surface area contributed by atoms with E-state index in [-0.39, 0.29) is 17.4 Å². The summed E-state index contributed by atoms with van der Waals surface area (Å²) in [6.45, 7) is 6.34. The van der Waals surface area contributed by atoms with Crippen molar-refractivity contribution in [2.24, 2.45) is 0 Å². The molecule has 1 atom stereocenters. The zero-order valence-corrected chi connectivity index (χ0v) is 13.3. The predicted octanol–water partition coefficient (Wildman–Crippen LogP) is 3.42. The van der Waals surface area contributed by atoms with E-state index in [4.69, 9.17) is 0 Å². The molecule has 0 radical (unpaired) electrons. The van der Waals surface area contributed by atoms with Crippen molar-refractivity contribution in [3.05, 3.63) is 40.9 Å². The van der Waals surface area contributed by atoms with E-state index in [9.17, 15) is 4.79 Å². The van der Waals surface area contributed by atoms with Crippen LogP contribution < -0.4 is 10.6 Å². The number of hydrogen-bond donors (Lipinski definition) is 2. The quantitative estimate of drug-likeness (QED) is 0.893. The van der Waals surface area contributed by atoms with Gasteiger partial charge in [-0.05, 0) is 11.6 Å². The first-order valence-corrected chi connectivity index (χ1v) is 7.93. The number of carbonyl (C=O) groups excluding carboxylic acids is 1. The lowest BCUT2D eigenvalue weighted by molar-refractivity contribution is -0.116. The van der Waals surface area contributed by atoms with Crippen LogP contribution in [0.1, 0.15) is 32.0 Å². The topological polar surface area (TPSA) is 54.0 Å². The van der Waals surface area contributed by atoms with Crippen molar-refractivity contribution in [2.45, 2.75) is 38.6 Å². The summed E-state index contributed by atoms with van der Waals surface area (Å²) in [5, 5.41) is 8.85. The van der Waals surface area contributed by atoms with E-state index in [1.807, 2.05) is 23.6 Å². The highest BCUT2D eigenvalue weighted by atomic mass is 32.1. The number of thiazole rings is 1. The van der Waals surface area contributed by atoms with E-state index in [1.54, 1.807) is 0 Å². The van der Waals surface area contributed by atoms with Crippen LogP contribution in [0.25, 0.3) is 0 Å². The number of fused-ring (bicyclic) bond motifs is 1. The number of hydrogen-bond acceptors (Lipinski definition) is 4. The fraction of sp³-hybridized carbons (Fsp3) is 0.375. The number of nitrogens with one attached hydrogen (secondary N) is 2. The van der Waals surface area contributed by atoms with Crippen molar-refractivity contribution < 1.29 is 4.79 Å². The van der Waals surface area contributed by atoms with E-state index in [0.717, 1.165) is 17.8 Å². The molecule has 5 heteroatoms. The second-order valence-corrected chi connectivity index (χ2v) is 7.19. The molecule has 0 aliphatic carbocycles. The molecule has 1 aliphatic rings. The summed E-state index contributed by atoms with van der Waals surface area (Å²) in [7, 11) is 0.